The first-order chi connectivity index (χ1) is 34.2. The van der Waals surface area contributed by atoms with Gasteiger partial charge in [0.1, 0.15) is 29.1 Å². The monoisotopic (exact) mass is 961 g/mol. The van der Waals surface area contributed by atoms with Crippen LogP contribution in [0.5, 0.6) is 5.88 Å². The molecule has 3 saturated heterocycles. The lowest BCUT2D eigenvalue weighted by Crippen LogP contribution is -2.57. The highest BCUT2D eigenvalue weighted by Crippen LogP contribution is 2.42. The third-order valence-corrected chi connectivity index (χ3v) is 15.4. The molecule has 1 aromatic carbocycles. The van der Waals surface area contributed by atoms with Crippen LogP contribution in [0.15, 0.2) is 67.1 Å². The number of nitrogens with one attached hydrogen (secondary N) is 2. The number of carbonyl (C=O) groups excluding carboxylic acids is 5. The standard InChI is InChI=1S/C53H59N11O7/c1-30-29-60(34-13-16-59(17-14-34)35-6-8-38-39(24-35)51(69)64(50(38)68)41-9-11-45(66)58-48(41)67)18-19-61(30)36-7-10-44(55-28-36)57-40-22-33(27-56-49(40)71-5)37-12-15-54-47(46(37)31(2)65)63-21-20-62-42(52(63)70)23-32-25-53(3,4)26-43(32)62/h6-8,10,12,15,22-24,27-28,30-31,34,41,65H,9,11,13-14,16-21,25-26,29H2,1-5H3,(H,55,57)(H,58,66,67)/t30-,31-,41?/m0/s1. The molecule has 4 aromatic heterocycles. The molecule has 0 bridgehead atoms. The molecule has 5 aliphatic heterocycles. The van der Waals surface area contributed by atoms with E-state index in [0.29, 0.717) is 70.3 Å². The smallest absolute Gasteiger partial charge is 0.276 e. The van der Waals surface area contributed by atoms with Crippen molar-refractivity contribution in [2.75, 3.05) is 66.4 Å². The predicted molar refractivity (Wildman–Crippen MR) is 266 cm³/mol. The number of aliphatic hydroxyl groups is 1. The number of piperazine rings is 1. The molecule has 3 fully saturated rings. The van der Waals surface area contributed by atoms with E-state index in [1.807, 2.05) is 36.5 Å². The fourth-order valence-corrected chi connectivity index (χ4v) is 11.9. The minimum Gasteiger partial charge on any atom is -0.480 e. The Labute approximate surface area is 412 Å². The van der Waals surface area contributed by atoms with Crippen molar-refractivity contribution in [2.45, 2.75) is 97.0 Å². The van der Waals surface area contributed by atoms with Crippen molar-refractivity contribution in [3.8, 4) is 17.0 Å². The number of rotatable bonds is 10. The number of methoxy groups -OCH3 is 1. The van der Waals surface area contributed by atoms with Gasteiger partial charge >= 0.3 is 0 Å². The normalized spacial score (nSPS) is 21.9. The molecule has 3 N–H and O–H groups in total. The molecular weight excluding hydrogens is 903 g/mol. The van der Waals surface area contributed by atoms with Crippen LogP contribution in [0.4, 0.5) is 28.7 Å². The van der Waals surface area contributed by atoms with E-state index in [2.05, 4.69) is 66.7 Å². The Kier molecular flexibility index (Phi) is 11.7. The number of aromatic nitrogens is 4. The first-order valence-corrected chi connectivity index (χ1v) is 24.7. The molecule has 5 aromatic rings. The van der Waals surface area contributed by atoms with Crippen LogP contribution >= 0.6 is 0 Å². The van der Waals surface area contributed by atoms with Gasteiger partial charge in [-0.2, -0.15) is 0 Å². The number of nitrogens with zero attached hydrogens (tertiary/aromatic N) is 9. The topological polar surface area (TPSA) is 199 Å². The number of ether oxygens (including phenoxy) is 1. The second-order valence-corrected chi connectivity index (χ2v) is 20.6. The summed E-state index contributed by atoms with van der Waals surface area (Å²) in [6.07, 6.45) is 8.34. The maximum Gasteiger partial charge on any atom is 0.276 e. The number of fused-ring (bicyclic) bond motifs is 4. The molecule has 1 aliphatic carbocycles. The van der Waals surface area contributed by atoms with E-state index < -0.39 is 35.8 Å². The molecule has 3 atom stereocenters. The highest BCUT2D eigenvalue weighted by atomic mass is 16.5. The summed E-state index contributed by atoms with van der Waals surface area (Å²) in [4.78, 5) is 89.2. The molecule has 11 rings (SSSR count). The van der Waals surface area contributed by atoms with Gasteiger partial charge in [0.25, 0.3) is 17.7 Å². The Balaban J connectivity index is 0.724. The van der Waals surface area contributed by atoms with Gasteiger partial charge in [-0.3, -0.25) is 44.0 Å². The third-order valence-electron chi connectivity index (χ3n) is 15.4. The fraction of sp³-hybridized carbons (Fsp3) is 0.434. The van der Waals surface area contributed by atoms with E-state index in [0.717, 1.165) is 74.7 Å². The summed E-state index contributed by atoms with van der Waals surface area (Å²) in [6, 6.07) is 14.8. The molecule has 0 radical (unpaired) electrons. The molecular formula is C53H59N11O7. The number of hydrogen-bond donors (Lipinski definition) is 3. The van der Waals surface area contributed by atoms with Gasteiger partial charge in [0.2, 0.25) is 17.7 Å². The lowest BCUT2D eigenvalue weighted by Gasteiger charge is -2.46. The largest absolute Gasteiger partial charge is 0.480 e. The maximum atomic E-state index is 14.1. The van der Waals surface area contributed by atoms with E-state index in [9.17, 15) is 29.1 Å². The van der Waals surface area contributed by atoms with Gasteiger partial charge in [-0.05, 0) is 111 Å². The Morgan fingerprint density at radius 2 is 1.61 bits per heavy atom. The number of aliphatic hydroxyl groups excluding tert-OH is 1. The van der Waals surface area contributed by atoms with Gasteiger partial charge in [-0.15, -0.1) is 0 Å². The zero-order valence-electron chi connectivity index (χ0n) is 40.8. The summed E-state index contributed by atoms with van der Waals surface area (Å²) >= 11 is 0. The Hall–Kier alpha value is -7.18. The second kappa shape index (κ2) is 17.9. The van der Waals surface area contributed by atoms with E-state index in [1.54, 1.807) is 43.5 Å². The summed E-state index contributed by atoms with van der Waals surface area (Å²) in [7, 11) is 1.57. The number of piperidine rings is 2. The molecule has 18 nitrogen and oxygen atoms in total. The number of carbonyl (C=O) groups is 5. The summed E-state index contributed by atoms with van der Waals surface area (Å²) in [6.45, 7) is 13.8. The molecule has 1 unspecified atom stereocenters. The molecule has 6 aliphatic rings. The molecule has 0 spiro atoms. The highest BCUT2D eigenvalue weighted by Gasteiger charge is 2.45. The Bertz CT molecular complexity index is 3000. The number of imide groups is 2. The van der Waals surface area contributed by atoms with Crippen molar-refractivity contribution in [2.24, 2.45) is 5.41 Å². The van der Waals surface area contributed by atoms with Gasteiger partial charge in [0.15, 0.2) is 0 Å². The molecule has 368 valence electrons. The van der Waals surface area contributed by atoms with E-state index in [1.165, 1.54) is 11.3 Å². The first-order valence-electron chi connectivity index (χ1n) is 24.7. The molecule has 0 saturated carbocycles. The van der Waals surface area contributed by atoms with E-state index in [-0.39, 0.29) is 35.8 Å². The number of amides is 5. The third kappa shape index (κ3) is 8.25. The fourth-order valence-electron chi connectivity index (χ4n) is 11.9. The van der Waals surface area contributed by atoms with Gasteiger partial charge in [0, 0.05) is 99.2 Å². The zero-order chi connectivity index (χ0) is 49.5. The zero-order valence-corrected chi connectivity index (χ0v) is 40.8. The van der Waals surface area contributed by atoms with Crippen LogP contribution < -0.4 is 30.1 Å². The van der Waals surface area contributed by atoms with Crippen LogP contribution in [0, 0.1) is 5.41 Å². The van der Waals surface area contributed by atoms with Crippen LogP contribution in [0.25, 0.3) is 11.1 Å². The minimum absolute atomic E-state index is 0.0821. The average molecular weight is 962 g/mol. The number of pyridine rings is 3. The van der Waals surface area contributed by atoms with Gasteiger partial charge in [-0.25, -0.2) is 15.0 Å². The number of anilines is 5. The van der Waals surface area contributed by atoms with Gasteiger partial charge < -0.3 is 29.5 Å². The lowest BCUT2D eigenvalue weighted by molar-refractivity contribution is -0.136. The summed E-state index contributed by atoms with van der Waals surface area (Å²) < 4.78 is 7.86. The Morgan fingerprint density at radius 3 is 2.34 bits per heavy atom. The van der Waals surface area contributed by atoms with Gasteiger partial charge in [0.05, 0.1) is 36.2 Å². The van der Waals surface area contributed by atoms with Crippen molar-refractivity contribution in [1.29, 1.82) is 0 Å². The molecule has 18 heteroatoms. The average Bonchev–Trinajstić information content (AvgIpc) is 3.95. The highest BCUT2D eigenvalue weighted by molar-refractivity contribution is 6.23. The van der Waals surface area contributed by atoms with Crippen molar-refractivity contribution < 1.29 is 33.8 Å². The number of benzene rings is 1. The van der Waals surface area contributed by atoms with Crippen molar-refractivity contribution in [3.05, 3.63) is 101 Å². The summed E-state index contributed by atoms with van der Waals surface area (Å²) in [5, 5.41) is 17.0. The minimum atomic E-state index is -0.988. The van der Waals surface area contributed by atoms with Crippen molar-refractivity contribution >= 4 is 58.2 Å². The van der Waals surface area contributed by atoms with Crippen molar-refractivity contribution in [3.63, 3.8) is 0 Å². The first kappa shape index (κ1) is 46.2. The second-order valence-electron chi connectivity index (χ2n) is 20.6. The lowest BCUT2D eigenvalue weighted by atomic mass is 9.90. The van der Waals surface area contributed by atoms with E-state index in [4.69, 9.17) is 9.72 Å². The summed E-state index contributed by atoms with van der Waals surface area (Å²) in [5.74, 6) is -0.695. The Morgan fingerprint density at radius 1 is 0.817 bits per heavy atom. The molecule has 5 amide bonds. The van der Waals surface area contributed by atoms with Gasteiger partial charge in [-0.1, -0.05) is 13.8 Å². The van der Waals surface area contributed by atoms with Crippen LogP contribution in [0.2, 0.25) is 0 Å². The quantitative estimate of drug-likeness (QED) is 0.148. The molecule has 71 heavy (non-hydrogen) atoms. The van der Waals surface area contributed by atoms with Crippen LogP contribution in [0.1, 0.15) is 108 Å². The maximum absolute atomic E-state index is 14.1. The SMILES string of the molecule is COc1ncc(-c2ccnc(N3CCn4c(cc5c4CC(C)(C)C5)C3=O)c2[C@H](C)O)cc1Nc1ccc(N2CCN(C3CCN(c4ccc5c(c4)C(=O)N(C4CCC(=O)NC4=O)C5=O)CC3)C[C@@H]2C)cn1. The number of hydrogen-bond acceptors (Lipinski definition) is 14. The van der Waals surface area contributed by atoms with Crippen molar-refractivity contribution in [1.82, 2.24) is 34.6 Å². The van der Waals surface area contributed by atoms with E-state index >= 15 is 0 Å². The summed E-state index contributed by atoms with van der Waals surface area (Å²) in [5.41, 5.74) is 8.40. The predicted octanol–water partition coefficient (Wildman–Crippen LogP) is 5.51. The van der Waals surface area contributed by atoms with Crippen LogP contribution in [-0.4, -0.2) is 128 Å². The van der Waals surface area contributed by atoms with Crippen LogP contribution in [-0.2, 0) is 29.0 Å². The molecule has 9 heterocycles. The van der Waals surface area contributed by atoms with Crippen LogP contribution in [0.3, 0.4) is 0 Å².